The number of benzene rings is 1. The van der Waals surface area contributed by atoms with Gasteiger partial charge in [0.25, 0.3) is 0 Å². The zero-order valence-electron chi connectivity index (χ0n) is 13.2. The molecule has 0 saturated carbocycles. The van der Waals surface area contributed by atoms with Gasteiger partial charge in [-0.3, -0.25) is 4.79 Å². The van der Waals surface area contributed by atoms with Crippen LogP contribution in [0.15, 0.2) is 18.2 Å². The highest BCUT2D eigenvalue weighted by molar-refractivity contribution is 5.85. The molecule has 128 valence electrons. The molecule has 0 bridgehead atoms. The number of amides is 1. The molecular weight excluding hydrogens is 320 g/mol. The minimum Gasteiger partial charge on any atom is -0.454 e. The molecule has 1 saturated heterocycles. The molecule has 0 aliphatic carbocycles. The van der Waals surface area contributed by atoms with Gasteiger partial charge < -0.3 is 24.8 Å². The highest BCUT2D eigenvalue weighted by Crippen LogP contribution is 2.34. The Morgan fingerprint density at radius 2 is 1.96 bits per heavy atom. The number of carbonyl (C=O) groups excluding carboxylic acids is 1. The Kier molecular flexibility index (Phi) is 5.73. The maximum Gasteiger partial charge on any atom is 0.231 e. The third-order valence-electron chi connectivity index (χ3n) is 4.50. The lowest BCUT2D eigenvalue weighted by Crippen LogP contribution is -2.49. The Morgan fingerprint density at radius 3 is 2.65 bits per heavy atom. The molecule has 7 heteroatoms. The first-order valence-corrected chi connectivity index (χ1v) is 7.56. The van der Waals surface area contributed by atoms with Crippen LogP contribution in [0.1, 0.15) is 18.4 Å². The smallest absolute Gasteiger partial charge is 0.231 e. The molecule has 1 amide bonds. The zero-order chi connectivity index (χ0) is 15.6. The van der Waals surface area contributed by atoms with Gasteiger partial charge >= 0.3 is 0 Å². The fraction of sp³-hybridized carbons (Fsp3) is 0.562. The van der Waals surface area contributed by atoms with E-state index in [2.05, 4.69) is 0 Å². The molecule has 3 rings (SSSR count). The lowest BCUT2D eigenvalue weighted by atomic mass is 9.79. The summed E-state index contributed by atoms with van der Waals surface area (Å²) in [4.78, 5) is 14.6. The van der Waals surface area contributed by atoms with Gasteiger partial charge in [-0.15, -0.1) is 12.4 Å². The summed E-state index contributed by atoms with van der Waals surface area (Å²) >= 11 is 0. The van der Waals surface area contributed by atoms with E-state index in [4.69, 9.17) is 19.9 Å². The van der Waals surface area contributed by atoms with Gasteiger partial charge in [-0.1, -0.05) is 6.07 Å². The van der Waals surface area contributed by atoms with Crippen molar-refractivity contribution in [3.05, 3.63) is 23.8 Å². The van der Waals surface area contributed by atoms with Crippen molar-refractivity contribution >= 4 is 18.3 Å². The minimum absolute atomic E-state index is 0. The first-order valence-electron chi connectivity index (χ1n) is 7.56. The monoisotopic (exact) mass is 342 g/mol. The quantitative estimate of drug-likeness (QED) is 0.898. The molecule has 2 aliphatic heterocycles. The van der Waals surface area contributed by atoms with Crippen molar-refractivity contribution in [1.82, 2.24) is 4.90 Å². The molecule has 1 aromatic carbocycles. The number of hydrogen-bond donors (Lipinski definition) is 1. The van der Waals surface area contributed by atoms with Crippen LogP contribution in [0, 0.1) is 5.41 Å². The lowest BCUT2D eigenvalue weighted by molar-refractivity contribution is -0.146. The zero-order valence-corrected chi connectivity index (χ0v) is 14.1. The molecule has 0 radical (unpaired) electrons. The second-order valence-electron chi connectivity index (χ2n) is 5.95. The van der Waals surface area contributed by atoms with E-state index in [-0.39, 0.29) is 25.1 Å². The summed E-state index contributed by atoms with van der Waals surface area (Å²) in [5.74, 6) is 1.58. The lowest BCUT2D eigenvalue weighted by Gasteiger charge is -2.37. The summed E-state index contributed by atoms with van der Waals surface area (Å²) in [5.41, 5.74) is 6.43. The van der Waals surface area contributed by atoms with E-state index in [1.807, 2.05) is 25.2 Å². The van der Waals surface area contributed by atoms with E-state index in [0.717, 1.165) is 17.1 Å². The number of halogens is 1. The van der Waals surface area contributed by atoms with E-state index in [1.165, 1.54) is 0 Å². The first kappa shape index (κ1) is 17.8. The minimum atomic E-state index is -0.483. The Balaban J connectivity index is 0.00000192. The summed E-state index contributed by atoms with van der Waals surface area (Å²) in [6, 6.07) is 5.75. The second kappa shape index (κ2) is 7.38. The van der Waals surface area contributed by atoms with Gasteiger partial charge in [0.1, 0.15) is 0 Å². The highest BCUT2D eigenvalue weighted by atomic mass is 35.5. The molecule has 0 spiro atoms. The second-order valence-corrected chi connectivity index (χ2v) is 5.95. The van der Waals surface area contributed by atoms with Crippen LogP contribution >= 0.6 is 12.4 Å². The van der Waals surface area contributed by atoms with Crippen molar-refractivity contribution in [3.63, 3.8) is 0 Å². The predicted molar refractivity (Wildman–Crippen MR) is 87.8 cm³/mol. The number of hydrogen-bond acceptors (Lipinski definition) is 5. The summed E-state index contributed by atoms with van der Waals surface area (Å²) in [6.07, 6.45) is 1.38. The number of ether oxygens (including phenoxy) is 3. The van der Waals surface area contributed by atoms with Crippen LogP contribution in [0.4, 0.5) is 0 Å². The number of fused-ring (bicyclic) bond motifs is 1. The molecule has 0 unspecified atom stereocenters. The van der Waals surface area contributed by atoms with Crippen molar-refractivity contribution in [3.8, 4) is 11.5 Å². The van der Waals surface area contributed by atoms with Gasteiger partial charge in [-0.2, -0.15) is 0 Å². The average Bonchev–Trinajstić information content (AvgIpc) is 3.02. The summed E-state index contributed by atoms with van der Waals surface area (Å²) in [7, 11) is 1.82. The molecule has 0 aromatic heterocycles. The van der Waals surface area contributed by atoms with E-state index < -0.39 is 5.41 Å². The van der Waals surface area contributed by atoms with Crippen LogP contribution in [0.2, 0.25) is 0 Å². The number of rotatable bonds is 4. The topological polar surface area (TPSA) is 74.0 Å². The SMILES string of the molecule is CN(Cc1ccc2c(c1)OCO2)C(=O)C1(CN)CCOCC1.Cl. The maximum atomic E-state index is 12.8. The Morgan fingerprint density at radius 1 is 1.26 bits per heavy atom. The molecule has 6 nitrogen and oxygen atoms in total. The van der Waals surface area contributed by atoms with E-state index in [0.29, 0.717) is 39.1 Å². The third-order valence-corrected chi connectivity index (χ3v) is 4.50. The Labute approximate surface area is 142 Å². The standard InChI is InChI=1S/C16H22N2O4.ClH/c1-18(15(19)16(10-17)4-6-20-7-5-16)9-12-2-3-13-14(8-12)22-11-21-13;/h2-3,8H,4-7,9-11,17H2,1H3;1H. The fourth-order valence-electron chi connectivity index (χ4n) is 3.06. The van der Waals surface area contributed by atoms with Gasteiger partial charge in [0, 0.05) is 33.4 Å². The van der Waals surface area contributed by atoms with Crippen molar-refractivity contribution in [2.45, 2.75) is 19.4 Å². The first-order chi connectivity index (χ1) is 10.6. The molecule has 1 aromatic rings. The van der Waals surface area contributed by atoms with Crippen LogP contribution in [0.25, 0.3) is 0 Å². The summed E-state index contributed by atoms with van der Waals surface area (Å²) in [5, 5.41) is 0. The van der Waals surface area contributed by atoms with Gasteiger partial charge in [-0.05, 0) is 30.5 Å². The Bertz CT molecular complexity index is 561. The molecular formula is C16H23ClN2O4. The van der Waals surface area contributed by atoms with Crippen LogP contribution in [-0.4, -0.2) is 44.4 Å². The molecule has 0 atom stereocenters. The number of nitrogens with zero attached hydrogens (tertiary/aromatic N) is 1. The largest absolute Gasteiger partial charge is 0.454 e. The van der Waals surface area contributed by atoms with Crippen LogP contribution < -0.4 is 15.2 Å². The predicted octanol–water partition coefficient (Wildman–Crippen LogP) is 1.55. The van der Waals surface area contributed by atoms with Crippen LogP contribution in [0.5, 0.6) is 11.5 Å². The highest BCUT2D eigenvalue weighted by Gasteiger charge is 2.40. The van der Waals surface area contributed by atoms with E-state index >= 15 is 0 Å². The Hall–Kier alpha value is -1.50. The fourth-order valence-corrected chi connectivity index (χ4v) is 3.06. The molecule has 23 heavy (non-hydrogen) atoms. The summed E-state index contributed by atoms with van der Waals surface area (Å²) in [6.45, 7) is 2.34. The molecule has 2 aliphatic rings. The normalized spacial score (nSPS) is 18.2. The van der Waals surface area contributed by atoms with Gasteiger partial charge in [0.05, 0.1) is 5.41 Å². The van der Waals surface area contributed by atoms with Gasteiger partial charge in [0.2, 0.25) is 12.7 Å². The maximum absolute atomic E-state index is 12.8. The van der Waals surface area contributed by atoms with E-state index in [1.54, 1.807) is 4.90 Å². The molecule has 2 N–H and O–H groups in total. The van der Waals surface area contributed by atoms with Crippen molar-refractivity contribution in [1.29, 1.82) is 0 Å². The summed E-state index contributed by atoms with van der Waals surface area (Å²) < 4.78 is 16.0. The van der Waals surface area contributed by atoms with Gasteiger partial charge in [-0.25, -0.2) is 0 Å². The van der Waals surface area contributed by atoms with Crippen molar-refractivity contribution in [2.75, 3.05) is 33.6 Å². The number of nitrogens with two attached hydrogens (primary N) is 1. The van der Waals surface area contributed by atoms with Crippen LogP contribution in [-0.2, 0) is 16.1 Å². The van der Waals surface area contributed by atoms with Crippen LogP contribution in [0.3, 0.4) is 0 Å². The van der Waals surface area contributed by atoms with Gasteiger partial charge in [0.15, 0.2) is 11.5 Å². The molecule has 1 fully saturated rings. The van der Waals surface area contributed by atoms with Crippen molar-refractivity contribution < 1.29 is 19.0 Å². The average molecular weight is 343 g/mol. The molecule has 2 heterocycles. The number of carbonyl (C=O) groups is 1. The van der Waals surface area contributed by atoms with Crippen molar-refractivity contribution in [2.24, 2.45) is 11.1 Å². The van der Waals surface area contributed by atoms with E-state index in [9.17, 15) is 4.79 Å². The third kappa shape index (κ3) is 3.54.